The SMILES string of the molecule is CCC1CCCN(C(=O)CC(N)c2ccccc2)CC1. The van der Waals surface area contributed by atoms with Crippen molar-refractivity contribution in [3.63, 3.8) is 0 Å². The van der Waals surface area contributed by atoms with E-state index in [1.54, 1.807) is 0 Å². The lowest BCUT2D eigenvalue weighted by Crippen LogP contribution is -2.34. The van der Waals surface area contributed by atoms with Crippen LogP contribution in [0.2, 0.25) is 0 Å². The quantitative estimate of drug-likeness (QED) is 0.917. The number of benzene rings is 1. The van der Waals surface area contributed by atoms with Crippen molar-refractivity contribution in [2.45, 2.75) is 45.1 Å². The molecule has 1 amide bonds. The summed E-state index contributed by atoms with van der Waals surface area (Å²) in [4.78, 5) is 14.4. The highest BCUT2D eigenvalue weighted by atomic mass is 16.2. The van der Waals surface area contributed by atoms with Crippen LogP contribution in [0.5, 0.6) is 0 Å². The molecule has 1 aromatic carbocycles. The summed E-state index contributed by atoms with van der Waals surface area (Å²) in [5, 5.41) is 0. The smallest absolute Gasteiger partial charge is 0.224 e. The fraction of sp³-hybridized carbons (Fsp3) is 0.588. The van der Waals surface area contributed by atoms with Crippen LogP contribution >= 0.6 is 0 Å². The van der Waals surface area contributed by atoms with Crippen molar-refractivity contribution in [1.82, 2.24) is 4.90 Å². The zero-order chi connectivity index (χ0) is 14.4. The molecule has 20 heavy (non-hydrogen) atoms. The number of carbonyl (C=O) groups is 1. The number of likely N-dealkylation sites (tertiary alicyclic amines) is 1. The molecule has 0 aliphatic carbocycles. The molecule has 2 atom stereocenters. The Hall–Kier alpha value is -1.35. The summed E-state index contributed by atoms with van der Waals surface area (Å²) >= 11 is 0. The van der Waals surface area contributed by atoms with Gasteiger partial charge >= 0.3 is 0 Å². The van der Waals surface area contributed by atoms with E-state index in [4.69, 9.17) is 5.73 Å². The highest BCUT2D eigenvalue weighted by molar-refractivity contribution is 5.77. The first kappa shape index (κ1) is 15.0. The third-order valence-electron chi connectivity index (χ3n) is 4.40. The van der Waals surface area contributed by atoms with Gasteiger partial charge in [-0.05, 0) is 30.7 Å². The average molecular weight is 274 g/mol. The Morgan fingerprint density at radius 2 is 2.05 bits per heavy atom. The molecule has 1 aliphatic rings. The van der Waals surface area contributed by atoms with E-state index in [-0.39, 0.29) is 11.9 Å². The minimum absolute atomic E-state index is 0.186. The summed E-state index contributed by atoms with van der Waals surface area (Å²) < 4.78 is 0. The number of amides is 1. The number of carbonyl (C=O) groups excluding carboxylic acids is 1. The normalized spacial score (nSPS) is 21.3. The Bertz CT molecular complexity index is 418. The van der Waals surface area contributed by atoms with Crippen LogP contribution in [0.25, 0.3) is 0 Å². The van der Waals surface area contributed by atoms with Gasteiger partial charge in [0.2, 0.25) is 5.91 Å². The molecule has 0 radical (unpaired) electrons. The van der Waals surface area contributed by atoms with Crippen LogP contribution in [0.4, 0.5) is 0 Å². The Labute approximate surface area is 122 Å². The predicted molar refractivity (Wildman–Crippen MR) is 82.2 cm³/mol. The summed E-state index contributed by atoms with van der Waals surface area (Å²) in [5.41, 5.74) is 7.19. The van der Waals surface area contributed by atoms with Crippen LogP contribution in [-0.4, -0.2) is 23.9 Å². The first-order chi connectivity index (χ1) is 9.70. The molecule has 1 heterocycles. The van der Waals surface area contributed by atoms with Crippen molar-refractivity contribution < 1.29 is 4.79 Å². The average Bonchev–Trinajstić information content (AvgIpc) is 2.73. The summed E-state index contributed by atoms with van der Waals surface area (Å²) in [6.45, 7) is 4.04. The second-order valence-electron chi connectivity index (χ2n) is 5.81. The van der Waals surface area contributed by atoms with Crippen molar-refractivity contribution in [3.05, 3.63) is 35.9 Å². The molecule has 110 valence electrons. The van der Waals surface area contributed by atoms with Crippen LogP contribution in [0, 0.1) is 5.92 Å². The van der Waals surface area contributed by atoms with Gasteiger partial charge in [-0.15, -0.1) is 0 Å². The minimum Gasteiger partial charge on any atom is -0.343 e. The third-order valence-corrected chi connectivity index (χ3v) is 4.40. The molecule has 0 saturated carbocycles. The maximum atomic E-state index is 12.4. The van der Waals surface area contributed by atoms with Gasteiger partial charge in [-0.2, -0.15) is 0 Å². The Morgan fingerprint density at radius 1 is 1.30 bits per heavy atom. The standard InChI is InChI=1S/C17H26N2O/c1-2-14-7-6-11-19(12-10-14)17(20)13-16(18)15-8-4-3-5-9-15/h3-5,8-9,14,16H,2,6-7,10-13,18H2,1H3. The largest absolute Gasteiger partial charge is 0.343 e. The van der Waals surface area contributed by atoms with E-state index in [1.807, 2.05) is 35.2 Å². The Kier molecular flexibility index (Phi) is 5.60. The van der Waals surface area contributed by atoms with Gasteiger partial charge in [0.05, 0.1) is 0 Å². The summed E-state index contributed by atoms with van der Waals surface area (Å²) in [6, 6.07) is 9.71. The molecule has 0 bridgehead atoms. The van der Waals surface area contributed by atoms with Crippen LogP contribution in [0.1, 0.15) is 50.6 Å². The molecule has 0 aromatic heterocycles. The van der Waals surface area contributed by atoms with Crippen LogP contribution < -0.4 is 5.73 Å². The zero-order valence-corrected chi connectivity index (χ0v) is 12.4. The first-order valence-corrected chi connectivity index (χ1v) is 7.79. The molecule has 1 saturated heterocycles. The molecule has 0 spiro atoms. The van der Waals surface area contributed by atoms with Gasteiger partial charge in [-0.1, -0.05) is 43.7 Å². The van der Waals surface area contributed by atoms with Crippen molar-refractivity contribution >= 4 is 5.91 Å². The molecular weight excluding hydrogens is 248 g/mol. The molecule has 1 fully saturated rings. The number of hydrogen-bond acceptors (Lipinski definition) is 2. The molecular formula is C17H26N2O. The second-order valence-corrected chi connectivity index (χ2v) is 5.81. The molecule has 1 aromatic rings. The van der Waals surface area contributed by atoms with Crippen LogP contribution in [-0.2, 0) is 4.79 Å². The van der Waals surface area contributed by atoms with Gasteiger partial charge in [0.25, 0.3) is 0 Å². The summed E-state index contributed by atoms with van der Waals surface area (Å²) in [7, 11) is 0. The zero-order valence-electron chi connectivity index (χ0n) is 12.4. The van der Waals surface area contributed by atoms with Crippen LogP contribution in [0.15, 0.2) is 30.3 Å². The van der Waals surface area contributed by atoms with Crippen molar-refractivity contribution in [3.8, 4) is 0 Å². The van der Waals surface area contributed by atoms with E-state index in [9.17, 15) is 4.79 Å². The van der Waals surface area contributed by atoms with E-state index in [1.165, 1.54) is 12.8 Å². The summed E-state index contributed by atoms with van der Waals surface area (Å²) in [5.74, 6) is 0.994. The topological polar surface area (TPSA) is 46.3 Å². The highest BCUT2D eigenvalue weighted by Crippen LogP contribution is 2.22. The number of nitrogens with two attached hydrogens (primary N) is 1. The minimum atomic E-state index is -0.186. The maximum absolute atomic E-state index is 12.4. The fourth-order valence-corrected chi connectivity index (χ4v) is 2.96. The van der Waals surface area contributed by atoms with Gasteiger partial charge in [-0.3, -0.25) is 4.79 Å². The van der Waals surface area contributed by atoms with Crippen molar-refractivity contribution in [1.29, 1.82) is 0 Å². The lowest BCUT2D eigenvalue weighted by molar-refractivity contribution is -0.131. The monoisotopic (exact) mass is 274 g/mol. The lowest BCUT2D eigenvalue weighted by Gasteiger charge is -2.22. The van der Waals surface area contributed by atoms with Crippen molar-refractivity contribution in [2.24, 2.45) is 11.7 Å². The number of rotatable bonds is 4. The maximum Gasteiger partial charge on any atom is 0.224 e. The van der Waals surface area contributed by atoms with E-state index in [0.29, 0.717) is 6.42 Å². The molecule has 2 unspecified atom stereocenters. The van der Waals surface area contributed by atoms with E-state index < -0.39 is 0 Å². The predicted octanol–water partition coefficient (Wildman–Crippen LogP) is 3.12. The molecule has 2 rings (SSSR count). The molecule has 3 heteroatoms. The van der Waals surface area contributed by atoms with Gasteiger partial charge in [-0.25, -0.2) is 0 Å². The Balaban J connectivity index is 1.88. The lowest BCUT2D eigenvalue weighted by atomic mass is 9.98. The molecule has 3 nitrogen and oxygen atoms in total. The van der Waals surface area contributed by atoms with E-state index in [0.717, 1.165) is 37.4 Å². The van der Waals surface area contributed by atoms with Crippen molar-refractivity contribution in [2.75, 3.05) is 13.1 Å². The van der Waals surface area contributed by atoms with Crippen LogP contribution in [0.3, 0.4) is 0 Å². The second kappa shape index (κ2) is 7.44. The van der Waals surface area contributed by atoms with E-state index >= 15 is 0 Å². The molecule has 2 N–H and O–H groups in total. The molecule has 1 aliphatic heterocycles. The number of hydrogen-bond donors (Lipinski definition) is 1. The van der Waals surface area contributed by atoms with Gasteiger partial charge < -0.3 is 10.6 Å². The van der Waals surface area contributed by atoms with Gasteiger partial charge in [0, 0.05) is 25.6 Å². The van der Waals surface area contributed by atoms with E-state index in [2.05, 4.69) is 6.92 Å². The fourth-order valence-electron chi connectivity index (χ4n) is 2.96. The van der Waals surface area contributed by atoms with Gasteiger partial charge in [0.15, 0.2) is 0 Å². The first-order valence-electron chi connectivity index (χ1n) is 7.79. The number of nitrogens with zero attached hydrogens (tertiary/aromatic N) is 1. The summed E-state index contributed by atoms with van der Waals surface area (Å²) in [6.07, 6.45) is 5.17. The van der Waals surface area contributed by atoms with Gasteiger partial charge in [0.1, 0.15) is 0 Å². The third kappa shape index (κ3) is 4.07. The Morgan fingerprint density at radius 3 is 2.75 bits per heavy atom. The highest BCUT2D eigenvalue weighted by Gasteiger charge is 2.21.